The van der Waals surface area contributed by atoms with Gasteiger partial charge in [0.1, 0.15) is 12.6 Å². The summed E-state index contributed by atoms with van der Waals surface area (Å²) in [6.07, 6.45) is 6.27. The lowest BCUT2D eigenvalue weighted by molar-refractivity contribution is -0.127. The summed E-state index contributed by atoms with van der Waals surface area (Å²) in [5.41, 5.74) is 3.34. The molecule has 2 amide bonds. The van der Waals surface area contributed by atoms with Crippen LogP contribution >= 0.6 is 0 Å². The van der Waals surface area contributed by atoms with Crippen molar-refractivity contribution < 1.29 is 9.59 Å². The predicted molar refractivity (Wildman–Crippen MR) is 142 cm³/mol. The molecule has 0 bridgehead atoms. The summed E-state index contributed by atoms with van der Waals surface area (Å²) in [7, 11) is 0. The average molecular weight is 498 g/mol. The minimum absolute atomic E-state index is 0.150. The number of hydrogen-bond acceptors (Lipinski definition) is 6. The summed E-state index contributed by atoms with van der Waals surface area (Å²) in [5.74, 6) is -0.0149. The zero-order valence-corrected chi connectivity index (χ0v) is 21.2. The molecular formula is C28H31N7O2. The minimum Gasteiger partial charge on any atom is -0.352 e. The molecule has 0 saturated heterocycles. The van der Waals surface area contributed by atoms with Gasteiger partial charge in [0.25, 0.3) is 5.91 Å². The highest BCUT2D eigenvalue weighted by atomic mass is 16.2. The monoisotopic (exact) mass is 497 g/mol. The smallest absolute Gasteiger partial charge is 0.251 e. The van der Waals surface area contributed by atoms with Gasteiger partial charge in [-0.25, -0.2) is 0 Å². The topological polar surface area (TPSA) is 106 Å². The fourth-order valence-electron chi connectivity index (χ4n) is 4.87. The van der Waals surface area contributed by atoms with Gasteiger partial charge in [0.2, 0.25) is 11.7 Å². The third kappa shape index (κ3) is 5.50. The first-order valence-electron chi connectivity index (χ1n) is 12.8. The SMILES string of the molecule is CC[C@H](C(=O)NC1CCCC1)N(C(=O)Cn1nnc(-c2ccc(C)cc2)n1)c1cnc2ccccc2c1. The second-order valence-electron chi connectivity index (χ2n) is 9.57. The Morgan fingerprint density at radius 3 is 2.62 bits per heavy atom. The Morgan fingerprint density at radius 1 is 1.11 bits per heavy atom. The van der Waals surface area contributed by atoms with Crippen LogP contribution in [0.5, 0.6) is 0 Å². The van der Waals surface area contributed by atoms with Crippen LogP contribution in [0, 0.1) is 6.92 Å². The van der Waals surface area contributed by atoms with Crippen LogP contribution in [0.25, 0.3) is 22.3 Å². The van der Waals surface area contributed by atoms with Gasteiger partial charge in [-0.05, 0) is 43.5 Å². The fraction of sp³-hybridized carbons (Fsp3) is 0.357. The third-order valence-electron chi connectivity index (χ3n) is 6.86. The molecule has 9 nitrogen and oxygen atoms in total. The Morgan fingerprint density at radius 2 is 1.86 bits per heavy atom. The van der Waals surface area contributed by atoms with Crippen LogP contribution in [0.1, 0.15) is 44.6 Å². The van der Waals surface area contributed by atoms with Crippen molar-refractivity contribution in [2.45, 2.75) is 64.6 Å². The van der Waals surface area contributed by atoms with Gasteiger partial charge in [0.05, 0.1) is 17.4 Å². The van der Waals surface area contributed by atoms with E-state index >= 15 is 0 Å². The highest BCUT2D eigenvalue weighted by Crippen LogP contribution is 2.25. The summed E-state index contributed by atoms with van der Waals surface area (Å²) in [6.45, 7) is 3.77. The van der Waals surface area contributed by atoms with Gasteiger partial charge < -0.3 is 5.32 Å². The van der Waals surface area contributed by atoms with Crippen molar-refractivity contribution in [3.63, 3.8) is 0 Å². The molecule has 1 N–H and O–H groups in total. The molecule has 2 aromatic carbocycles. The molecule has 2 aromatic heterocycles. The Hall–Kier alpha value is -4.14. The Balaban J connectivity index is 1.44. The normalized spacial score (nSPS) is 14.5. The summed E-state index contributed by atoms with van der Waals surface area (Å²) in [5, 5.41) is 16.7. The largest absolute Gasteiger partial charge is 0.352 e. The van der Waals surface area contributed by atoms with Crippen LogP contribution in [0.4, 0.5) is 5.69 Å². The van der Waals surface area contributed by atoms with Gasteiger partial charge in [-0.2, -0.15) is 4.80 Å². The highest BCUT2D eigenvalue weighted by molar-refractivity contribution is 6.01. The molecule has 5 rings (SSSR count). The Kier molecular flexibility index (Phi) is 7.20. The van der Waals surface area contributed by atoms with E-state index in [1.54, 1.807) is 11.1 Å². The van der Waals surface area contributed by atoms with E-state index < -0.39 is 6.04 Å². The first-order chi connectivity index (χ1) is 18.0. The first kappa shape index (κ1) is 24.5. The molecule has 0 radical (unpaired) electrons. The second-order valence-corrected chi connectivity index (χ2v) is 9.57. The molecule has 0 spiro atoms. The van der Waals surface area contributed by atoms with Crippen LogP contribution in [0.2, 0.25) is 0 Å². The van der Waals surface area contributed by atoms with Gasteiger partial charge in [0.15, 0.2) is 0 Å². The average Bonchev–Trinajstić information content (AvgIpc) is 3.59. The number of carbonyl (C=O) groups excluding carboxylic acids is 2. The number of carbonyl (C=O) groups is 2. The molecule has 2 heterocycles. The van der Waals surface area contributed by atoms with Crippen molar-refractivity contribution in [3.8, 4) is 11.4 Å². The molecule has 1 aliphatic carbocycles. The molecule has 0 unspecified atom stereocenters. The molecule has 190 valence electrons. The van der Waals surface area contributed by atoms with Crippen LogP contribution in [-0.4, -0.2) is 49.1 Å². The van der Waals surface area contributed by atoms with Crippen molar-refractivity contribution in [2.75, 3.05) is 4.90 Å². The number of nitrogens with one attached hydrogen (secondary N) is 1. The lowest BCUT2D eigenvalue weighted by Crippen LogP contribution is -2.52. The summed E-state index contributed by atoms with van der Waals surface area (Å²) in [6, 6.07) is 16.9. The molecule has 1 aliphatic rings. The van der Waals surface area contributed by atoms with Gasteiger partial charge in [0, 0.05) is 17.0 Å². The van der Waals surface area contributed by atoms with Gasteiger partial charge >= 0.3 is 0 Å². The molecule has 1 atom stereocenters. The van der Waals surface area contributed by atoms with E-state index in [2.05, 4.69) is 25.7 Å². The van der Waals surface area contributed by atoms with Crippen molar-refractivity contribution in [1.82, 2.24) is 30.5 Å². The number of aromatic nitrogens is 5. The lowest BCUT2D eigenvalue weighted by atomic mass is 10.1. The molecule has 37 heavy (non-hydrogen) atoms. The Bertz CT molecular complexity index is 1390. The molecule has 9 heteroatoms. The number of pyridine rings is 1. The lowest BCUT2D eigenvalue weighted by Gasteiger charge is -2.31. The van der Waals surface area contributed by atoms with Crippen LogP contribution in [-0.2, 0) is 16.1 Å². The number of hydrogen-bond donors (Lipinski definition) is 1. The first-order valence-corrected chi connectivity index (χ1v) is 12.8. The number of para-hydroxylation sites is 1. The number of aryl methyl sites for hydroxylation is 1. The van der Waals surface area contributed by atoms with Gasteiger partial charge in [-0.3, -0.25) is 19.5 Å². The van der Waals surface area contributed by atoms with Crippen molar-refractivity contribution in [1.29, 1.82) is 0 Å². The Labute approximate surface area is 215 Å². The summed E-state index contributed by atoms with van der Waals surface area (Å²) < 4.78 is 0. The number of tetrazole rings is 1. The van der Waals surface area contributed by atoms with Crippen LogP contribution in [0.3, 0.4) is 0 Å². The van der Waals surface area contributed by atoms with E-state index in [1.165, 1.54) is 4.80 Å². The van der Waals surface area contributed by atoms with E-state index in [9.17, 15) is 9.59 Å². The maximum atomic E-state index is 13.8. The number of fused-ring (bicyclic) bond motifs is 1. The highest BCUT2D eigenvalue weighted by Gasteiger charge is 2.32. The maximum absolute atomic E-state index is 13.8. The van der Waals surface area contributed by atoms with Gasteiger partial charge in [-0.15, -0.1) is 10.2 Å². The molecule has 0 aliphatic heterocycles. The number of anilines is 1. The number of rotatable bonds is 8. The fourth-order valence-corrected chi connectivity index (χ4v) is 4.87. The standard InChI is InChI=1S/C28H31N7O2/c1-3-25(28(37)30-22-9-5-6-10-22)35(23-16-21-8-4-7-11-24(21)29-17-23)26(36)18-34-32-27(31-33-34)20-14-12-19(2)13-15-20/h4,7-8,11-17,22,25H,3,5-6,9-10,18H2,1-2H3,(H,30,37)/t25-/m1/s1. The van der Waals surface area contributed by atoms with E-state index in [1.807, 2.05) is 68.4 Å². The zero-order valence-electron chi connectivity index (χ0n) is 21.2. The van der Waals surface area contributed by atoms with Crippen LogP contribution in [0.15, 0.2) is 60.8 Å². The van der Waals surface area contributed by atoms with Crippen molar-refractivity contribution in [3.05, 3.63) is 66.4 Å². The summed E-state index contributed by atoms with van der Waals surface area (Å²) >= 11 is 0. The zero-order chi connectivity index (χ0) is 25.8. The summed E-state index contributed by atoms with van der Waals surface area (Å²) in [4.78, 5) is 34.5. The van der Waals surface area contributed by atoms with E-state index in [0.717, 1.165) is 47.7 Å². The number of nitrogens with zero attached hydrogens (tertiary/aromatic N) is 6. The predicted octanol–water partition coefficient (Wildman–Crippen LogP) is 4.07. The maximum Gasteiger partial charge on any atom is 0.251 e. The van der Waals surface area contributed by atoms with E-state index in [-0.39, 0.29) is 24.4 Å². The van der Waals surface area contributed by atoms with E-state index in [0.29, 0.717) is 17.9 Å². The number of benzene rings is 2. The molecule has 1 fully saturated rings. The quantitative estimate of drug-likeness (QED) is 0.393. The third-order valence-corrected chi connectivity index (χ3v) is 6.86. The second kappa shape index (κ2) is 10.9. The van der Waals surface area contributed by atoms with E-state index in [4.69, 9.17) is 0 Å². The number of amides is 2. The molecule has 1 saturated carbocycles. The van der Waals surface area contributed by atoms with Gasteiger partial charge in [-0.1, -0.05) is 67.8 Å². The molecule has 4 aromatic rings. The van der Waals surface area contributed by atoms with Crippen molar-refractivity contribution in [2.24, 2.45) is 0 Å². The van der Waals surface area contributed by atoms with Crippen molar-refractivity contribution >= 4 is 28.4 Å². The molecular weight excluding hydrogens is 466 g/mol. The van der Waals surface area contributed by atoms with Crippen LogP contribution < -0.4 is 10.2 Å². The minimum atomic E-state index is -0.684.